The number of methoxy groups -OCH3 is 1. The molecule has 0 spiro atoms. The zero-order valence-electron chi connectivity index (χ0n) is 13.2. The number of nitrogens with zero attached hydrogens (tertiary/aromatic N) is 1. The molecule has 1 aromatic carbocycles. The minimum atomic E-state index is 0.115. The molecule has 1 saturated heterocycles. The molecule has 2 N–H and O–H groups in total. The van der Waals surface area contributed by atoms with Crippen molar-refractivity contribution in [2.75, 3.05) is 20.2 Å². The average molecular weight is 288 g/mol. The van der Waals surface area contributed by atoms with E-state index in [4.69, 9.17) is 10.5 Å². The van der Waals surface area contributed by atoms with Crippen LogP contribution in [0.2, 0.25) is 0 Å². The van der Waals surface area contributed by atoms with Crippen LogP contribution in [0.25, 0.3) is 0 Å². The van der Waals surface area contributed by atoms with Gasteiger partial charge in [0.2, 0.25) is 0 Å². The predicted octanol–water partition coefficient (Wildman–Crippen LogP) is 3.49. The van der Waals surface area contributed by atoms with Crippen molar-refractivity contribution >= 4 is 0 Å². The fourth-order valence-corrected chi connectivity index (χ4v) is 4.27. The maximum Gasteiger partial charge on any atom is 0.118 e. The first kappa shape index (κ1) is 14.9. The minimum absolute atomic E-state index is 0.115. The number of nitrogens with two attached hydrogens (primary N) is 1. The van der Waals surface area contributed by atoms with Crippen LogP contribution in [0.5, 0.6) is 5.75 Å². The van der Waals surface area contributed by atoms with Gasteiger partial charge in [-0.05, 0) is 56.5 Å². The van der Waals surface area contributed by atoms with Crippen LogP contribution >= 0.6 is 0 Å². The number of piperidine rings is 1. The lowest BCUT2D eigenvalue weighted by molar-refractivity contribution is 0.0478. The average Bonchev–Trinajstić information content (AvgIpc) is 3.06. The molecule has 0 bridgehead atoms. The van der Waals surface area contributed by atoms with Gasteiger partial charge in [-0.3, -0.25) is 4.90 Å². The van der Waals surface area contributed by atoms with Gasteiger partial charge in [0, 0.05) is 11.6 Å². The van der Waals surface area contributed by atoms with Gasteiger partial charge in [-0.15, -0.1) is 0 Å². The molecular weight excluding hydrogens is 260 g/mol. The highest BCUT2D eigenvalue weighted by molar-refractivity contribution is 5.31. The number of rotatable bonds is 4. The molecule has 116 valence electrons. The van der Waals surface area contributed by atoms with E-state index in [1.807, 2.05) is 12.1 Å². The molecule has 1 unspecified atom stereocenters. The first-order valence-electron chi connectivity index (χ1n) is 8.41. The molecule has 1 aromatic rings. The summed E-state index contributed by atoms with van der Waals surface area (Å²) >= 11 is 0. The largest absolute Gasteiger partial charge is 0.497 e. The first-order valence-corrected chi connectivity index (χ1v) is 8.41. The highest BCUT2D eigenvalue weighted by Gasteiger charge is 2.45. The maximum absolute atomic E-state index is 6.78. The molecule has 0 aromatic heterocycles. The Bertz CT molecular complexity index is 445. The van der Waals surface area contributed by atoms with Gasteiger partial charge < -0.3 is 10.5 Å². The van der Waals surface area contributed by atoms with E-state index in [1.54, 1.807) is 7.11 Å². The van der Waals surface area contributed by atoms with Crippen LogP contribution < -0.4 is 10.5 Å². The van der Waals surface area contributed by atoms with Gasteiger partial charge in [0.25, 0.3) is 0 Å². The van der Waals surface area contributed by atoms with Gasteiger partial charge in [0.05, 0.1) is 7.11 Å². The third-order valence-corrected chi connectivity index (χ3v) is 5.51. The molecule has 21 heavy (non-hydrogen) atoms. The molecule has 0 amide bonds. The third kappa shape index (κ3) is 2.82. The Balaban J connectivity index is 1.84. The summed E-state index contributed by atoms with van der Waals surface area (Å²) in [5.41, 5.74) is 8.22. The SMILES string of the molecule is COc1ccc(C(N)C2(N3CCCCC3)CCCC2)cc1. The monoisotopic (exact) mass is 288 g/mol. The lowest BCUT2D eigenvalue weighted by atomic mass is 9.81. The van der Waals surface area contributed by atoms with Crippen molar-refractivity contribution in [3.63, 3.8) is 0 Å². The molecule has 2 fully saturated rings. The zero-order valence-corrected chi connectivity index (χ0v) is 13.2. The van der Waals surface area contributed by atoms with Crippen molar-refractivity contribution in [3.8, 4) is 5.75 Å². The summed E-state index contributed by atoms with van der Waals surface area (Å²) in [4.78, 5) is 2.71. The lowest BCUT2D eigenvalue weighted by Gasteiger charge is -2.47. The maximum atomic E-state index is 6.78. The fourth-order valence-electron chi connectivity index (χ4n) is 4.27. The molecule has 3 nitrogen and oxygen atoms in total. The molecule has 1 heterocycles. The summed E-state index contributed by atoms with van der Waals surface area (Å²) in [6.07, 6.45) is 9.18. The molecule has 1 atom stereocenters. The standard InChI is InChI=1S/C18H28N2O/c1-21-16-9-7-15(8-10-16)17(19)18(11-3-4-12-18)20-13-5-2-6-14-20/h7-10,17H,2-6,11-14,19H2,1H3. The second-order valence-electron chi connectivity index (χ2n) is 6.61. The van der Waals surface area contributed by atoms with Crippen LogP contribution in [0.4, 0.5) is 0 Å². The van der Waals surface area contributed by atoms with Crippen molar-refractivity contribution in [1.29, 1.82) is 0 Å². The number of likely N-dealkylation sites (tertiary alicyclic amines) is 1. The predicted molar refractivity (Wildman–Crippen MR) is 86.5 cm³/mol. The summed E-state index contributed by atoms with van der Waals surface area (Å²) in [5, 5.41) is 0. The van der Waals surface area contributed by atoms with Crippen LogP contribution in [0.3, 0.4) is 0 Å². The summed E-state index contributed by atoms with van der Waals surface area (Å²) in [5.74, 6) is 0.907. The quantitative estimate of drug-likeness (QED) is 0.921. The minimum Gasteiger partial charge on any atom is -0.497 e. The number of hydrogen-bond donors (Lipinski definition) is 1. The van der Waals surface area contributed by atoms with Crippen LogP contribution in [-0.4, -0.2) is 30.6 Å². The van der Waals surface area contributed by atoms with E-state index in [1.165, 1.54) is 63.6 Å². The van der Waals surface area contributed by atoms with E-state index in [0.29, 0.717) is 0 Å². The van der Waals surface area contributed by atoms with Gasteiger partial charge in [-0.2, -0.15) is 0 Å². The molecule has 2 aliphatic rings. The van der Waals surface area contributed by atoms with Gasteiger partial charge in [0.1, 0.15) is 5.75 Å². The van der Waals surface area contributed by atoms with Crippen molar-refractivity contribution < 1.29 is 4.74 Å². The summed E-state index contributed by atoms with van der Waals surface area (Å²) in [6, 6.07) is 8.48. The van der Waals surface area contributed by atoms with Crippen LogP contribution in [0.1, 0.15) is 56.6 Å². The van der Waals surface area contributed by atoms with Gasteiger partial charge in [-0.1, -0.05) is 31.4 Å². The number of ether oxygens (including phenoxy) is 1. The molecule has 3 heteroatoms. The second-order valence-corrected chi connectivity index (χ2v) is 6.61. The van der Waals surface area contributed by atoms with Crippen molar-refractivity contribution in [2.45, 2.75) is 56.5 Å². The van der Waals surface area contributed by atoms with Crippen LogP contribution in [-0.2, 0) is 0 Å². The van der Waals surface area contributed by atoms with Crippen molar-refractivity contribution in [2.24, 2.45) is 5.73 Å². The van der Waals surface area contributed by atoms with E-state index in [9.17, 15) is 0 Å². The Morgan fingerprint density at radius 1 is 1.00 bits per heavy atom. The molecule has 0 radical (unpaired) electrons. The van der Waals surface area contributed by atoms with Gasteiger partial charge >= 0.3 is 0 Å². The lowest BCUT2D eigenvalue weighted by Crippen LogP contribution is -2.55. The van der Waals surface area contributed by atoms with E-state index < -0.39 is 0 Å². The molecule has 1 aliphatic carbocycles. The van der Waals surface area contributed by atoms with Crippen LogP contribution in [0, 0.1) is 0 Å². The fraction of sp³-hybridized carbons (Fsp3) is 0.667. The van der Waals surface area contributed by atoms with E-state index >= 15 is 0 Å². The summed E-state index contributed by atoms with van der Waals surface area (Å²) in [7, 11) is 1.71. The molecule has 1 aliphatic heterocycles. The zero-order chi connectivity index (χ0) is 14.7. The first-order chi connectivity index (χ1) is 10.3. The molecule has 3 rings (SSSR count). The Hall–Kier alpha value is -1.06. The Morgan fingerprint density at radius 3 is 2.19 bits per heavy atom. The molecular formula is C18H28N2O. The molecule has 1 saturated carbocycles. The topological polar surface area (TPSA) is 38.5 Å². The van der Waals surface area contributed by atoms with Crippen molar-refractivity contribution in [3.05, 3.63) is 29.8 Å². The van der Waals surface area contributed by atoms with Gasteiger partial charge in [-0.25, -0.2) is 0 Å². The van der Waals surface area contributed by atoms with E-state index in [-0.39, 0.29) is 11.6 Å². The smallest absolute Gasteiger partial charge is 0.118 e. The summed E-state index contributed by atoms with van der Waals surface area (Å²) < 4.78 is 5.26. The highest BCUT2D eigenvalue weighted by atomic mass is 16.5. The highest BCUT2D eigenvalue weighted by Crippen LogP contribution is 2.44. The Morgan fingerprint density at radius 2 is 1.62 bits per heavy atom. The normalized spacial score (nSPS) is 23.9. The Labute approximate surface area is 128 Å². The third-order valence-electron chi connectivity index (χ3n) is 5.51. The van der Waals surface area contributed by atoms with Crippen LogP contribution in [0.15, 0.2) is 24.3 Å². The van der Waals surface area contributed by atoms with E-state index in [0.717, 1.165) is 5.75 Å². The Kier molecular flexibility index (Phi) is 4.51. The second kappa shape index (κ2) is 6.37. The number of hydrogen-bond acceptors (Lipinski definition) is 3. The van der Waals surface area contributed by atoms with Gasteiger partial charge in [0.15, 0.2) is 0 Å². The van der Waals surface area contributed by atoms with Crippen molar-refractivity contribution in [1.82, 2.24) is 4.90 Å². The van der Waals surface area contributed by atoms with E-state index in [2.05, 4.69) is 17.0 Å². The summed E-state index contributed by atoms with van der Waals surface area (Å²) in [6.45, 7) is 2.45. The number of benzene rings is 1.